The van der Waals surface area contributed by atoms with Crippen molar-refractivity contribution >= 4 is 67.8 Å². The van der Waals surface area contributed by atoms with E-state index in [0.29, 0.717) is 11.1 Å². The molecule has 4 heterocycles. The summed E-state index contributed by atoms with van der Waals surface area (Å²) in [4.78, 5) is 12.5. The number of aromatic nitrogens is 3. The molecule has 280 valence electrons. The van der Waals surface area contributed by atoms with E-state index >= 15 is 4.39 Å². The summed E-state index contributed by atoms with van der Waals surface area (Å²) in [6.45, 7) is 0. The van der Waals surface area contributed by atoms with Gasteiger partial charge in [0.15, 0.2) is 14.2 Å². The van der Waals surface area contributed by atoms with Gasteiger partial charge in [0.1, 0.15) is 5.65 Å². The summed E-state index contributed by atoms with van der Waals surface area (Å²) in [5.74, 6) is 0. The fourth-order valence-corrected chi connectivity index (χ4v) is 14.4. The van der Waals surface area contributed by atoms with Crippen molar-refractivity contribution in [3.8, 4) is 16.9 Å². The van der Waals surface area contributed by atoms with Gasteiger partial charge in [-0.05, 0) is 86.5 Å². The first-order valence-electron chi connectivity index (χ1n) is 20.0. The topological polar surface area (TPSA) is 34.0 Å². The van der Waals surface area contributed by atoms with Crippen LogP contribution in [-0.2, 0) is 0 Å². The molecule has 0 radical (unpaired) electrons. The van der Waals surface area contributed by atoms with E-state index in [1.165, 1.54) is 20.7 Å². The summed E-state index contributed by atoms with van der Waals surface area (Å²) >= 11 is 0. The van der Waals surface area contributed by atoms with E-state index in [0.717, 1.165) is 55.9 Å². The van der Waals surface area contributed by atoms with Gasteiger partial charge < -0.3 is 4.90 Å². The first kappa shape index (κ1) is 34.8. The van der Waals surface area contributed by atoms with Crippen LogP contribution >= 0.6 is 0 Å². The minimum absolute atomic E-state index is 0.573. The van der Waals surface area contributed by atoms with Gasteiger partial charge in [-0.1, -0.05) is 152 Å². The van der Waals surface area contributed by atoms with Gasteiger partial charge in [0.25, 0.3) is 0 Å². The van der Waals surface area contributed by atoms with Crippen LogP contribution < -0.4 is 25.6 Å². The number of rotatable bonds is 7. The number of alkyl halides is 1. The number of hydrogen-bond acceptors (Lipinski definition) is 3. The molecule has 0 amide bonds. The molecule has 11 rings (SSSR count). The third-order valence-corrected chi connectivity index (χ3v) is 16.6. The second kappa shape index (κ2) is 14.2. The summed E-state index contributed by atoms with van der Waals surface area (Å²) in [7, 11) is -2.98. The van der Waals surface area contributed by atoms with E-state index < -0.39 is 14.2 Å². The molecule has 1 aliphatic heterocycles. The van der Waals surface area contributed by atoms with Crippen LogP contribution in [0.25, 0.3) is 38.9 Å². The number of anilines is 3. The van der Waals surface area contributed by atoms with Crippen molar-refractivity contribution < 1.29 is 4.39 Å². The highest BCUT2D eigenvalue weighted by Crippen LogP contribution is 2.45. The molecule has 0 saturated heterocycles. The van der Waals surface area contributed by atoms with Crippen molar-refractivity contribution in [1.82, 2.24) is 14.5 Å². The number of halogens is 1. The first-order chi connectivity index (χ1) is 29.2. The highest BCUT2D eigenvalue weighted by molar-refractivity contribution is 7.21. The molecule has 0 N–H and O–H groups in total. The fraction of sp³-hybridized carbons (Fsp3) is 0.0189. The molecule has 0 aliphatic carbocycles. The molecular formula is C53H37FN4Si. The third-order valence-electron chi connectivity index (χ3n) is 11.8. The highest BCUT2D eigenvalue weighted by Gasteiger charge is 2.50. The lowest BCUT2D eigenvalue weighted by Crippen LogP contribution is -2.77. The fourth-order valence-electron chi connectivity index (χ4n) is 9.34. The smallest absolute Gasteiger partial charge is 0.186 e. The van der Waals surface area contributed by atoms with Gasteiger partial charge in [-0.15, -0.1) is 0 Å². The monoisotopic (exact) mass is 776 g/mol. The van der Waals surface area contributed by atoms with Crippen LogP contribution in [0.3, 0.4) is 0 Å². The third kappa shape index (κ3) is 5.48. The first-order valence-corrected chi connectivity index (χ1v) is 22.0. The molecule has 1 aliphatic rings. The quantitative estimate of drug-likeness (QED) is 0.151. The predicted molar refractivity (Wildman–Crippen MR) is 243 cm³/mol. The summed E-state index contributed by atoms with van der Waals surface area (Å²) in [5, 5.41) is 7.27. The number of para-hydroxylation sites is 3. The zero-order valence-corrected chi connectivity index (χ0v) is 33.0. The second-order valence-electron chi connectivity index (χ2n) is 15.0. The molecule has 59 heavy (non-hydrogen) atoms. The Morgan fingerprint density at radius 2 is 1.14 bits per heavy atom. The Labute approximate surface area is 343 Å². The largest absolute Gasteiger partial charge is 0.310 e. The Bertz CT molecular complexity index is 3090. The Morgan fingerprint density at radius 3 is 1.88 bits per heavy atom. The molecule has 3 aromatic heterocycles. The minimum Gasteiger partial charge on any atom is -0.310 e. The van der Waals surface area contributed by atoms with Gasteiger partial charge in [-0.2, -0.15) is 0 Å². The predicted octanol–water partition coefficient (Wildman–Crippen LogP) is 10.5. The summed E-state index contributed by atoms with van der Waals surface area (Å²) in [5.41, 5.74) is 8.88. The maximum atomic E-state index is 16.8. The standard InChI is InChI=1S/C53H37FN4Si/c54-51(38-19-16-18-37(34-38)45-29-14-15-33-55-45)39-20-17-23-41(35-39)58-46-30-11-10-28-44(46)50-52-49(36-56-53(50)58)59(42-24-6-2-7-25-42,43-26-8-3-9-27-43)48-32-13-12-31-47(48)57(52)40-21-4-1-5-22-40/h1-36,51H. The summed E-state index contributed by atoms with van der Waals surface area (Å²) in [6.07, 6.45) is 2.56. The van der Waals surface area contributed by atoms with E-state index in [1.54, 1.807) is 6.20 Å². The molecule has 0 fully saturated rings. The Kier molecular flexibility index (Phi) is 8.38. The molecular weight excluding hydrogens is 740 g/mol. The van der Waals surface area contributed by atoms with Crippen molar-refractivity contribution in [2.45, 2.75) is 6.17 Å². The van der Waals surface area contributed by atoms with Gasteiger partial charge in [-0.25, -0.2) is 9.37 Å². The lowest BCUT2D eigenvalue weighted by atomic mass is 9.99. The Morgan fingerprint density at radius 1 is 0.508 bits per heavy atom. The maximum absolute atomic E-state index is 16.8. The van der Waals surface area contributed by atoms with Crippen LogP contribution in [0.5, 0.6) is 0 Å². The van der Waals surface area contributed by atoms with Crippen LogP contribution in [0.1, 0.15) is 17.3 Å². The Balaban J connectivity index is 1.19. The van der Waals surface area contributed by atoms with E-state index in [4.69, 9.17) is 4.98 Å². The zero-order valence-electron chi connectivity index (χ0n) is 32.0. The molecule has 6 heteroatoms. The number of benzene rings is 7. The normalized spacial score (nSPS) is 13.5. The second-order valence-corrected chi connectivity index (χ2v) is 18.8. The highest BCUT2D eigenvalue weighted by atomic mass is 28.3. The average molecular weight is 777 g/mol. The molecule has 0 bridgehead atoms. The lowest BCUT2D eigenvalue weighted by Gasteiger charge is -2.45. The SMILES string of the molecule is FC(c1cccc(-c2ccccn2)c1)c1cccc(-n2c3ccccc3c3c4c(cnc32)[Si](c2ccccc2)(c2ccccc2)c2ccccc2N4c2ccccc2)c1. The molecule has 4 nitrogen and oxygen atoms in total. The number of hydrogen-bond donors (Lipinski definition) is 0. The van der Waals surface area contributed by atoms with Crippen molar-refractivity contribution in [3.63, 3.8) is 0 Å². The Hall–Kier alpha value is -7.41. The number of fused-ring (bicyclic) bond motifs is 6. The number of pyridine rings is 2. The molecule has 1 atom stereocenters. The average Bonchev–Trinajstić information content (AvgIpc) is 3.66. The van der Waals surface area contributed by atoms with E-state index in [2.05, 4.69) is 166 Å². The zero-order chi connectivity index (χ0) is 39.3. The molecule has 0 saturated carbocycles. The molecule has 10 aromatic rings. The van der Waals surface area contributed by atoms with Crippen LogP contribution in [0.4, 0.5) is 21.5 Å². The van der Waals surface area contributed by atoms with Crippen LogP contribution in [-0.4, -0.2) is 22.6 Å². The maximum Gasteiger partial charge on any atom is 0.186 e. The number of nitrogens with zero attached hydrogens (tertiary/aromatic N) is 4. The molecule has 7 aromatic carbocycles. The molecule has 1 unspecified atom stereocenters. The van der Waals surface area contributed by atoms with E-state index in [9.17, 15) is 0 Å². The minimum atomic E-state index is -2.98. The van der Waals surface area contributed by atoms with Crippen LogP contribution in [0.2, 0.25) is 0 Å². The lowest BCUT2D eigenvalue weighted by molar-refractivity contribution is 0.402. The van der Waals surface area contributed by atoms with Crippen LogP contribution in [0.15, 0.2) is 219 Å². The molecule has 0 spiro atoms. The summed E-state index contributed by atoms with van der Waals surface area (Å²) in [6, 6.07) is 71.5. The van der Waals surface area contributed by atoms with Crippen molar-refractivity contribution in [3.05, 3.63) is 230 Å². The van der Waals surface area contributed by atoms with Gasteiger partial charge >= 0.3 is 0 Å². The van der Waals surface area contributed by atoms with Crippen molar-refractivity contribution in [2.75, 3.05) is 4.90 Å². The van der Waals surface area contributed by atoms with Crippen molar-refractivity contribution in [2.24, 2.45) is 0 Å². The van der Waals surface area contributed by atoms with Gasteiger partial charge in [0.2, 0.25) is 0 Å². The van der Waals surface area contributed by atoms with Gasteiger partial charge in [-0.3, -0.25) is 9.55 Å². The van der Waals surface area contributed by atoms with E-state index in [1.807, 2.05) is 60.7 Å². The van der Waals surface area contributed by atoms with Gasteiger partial charge in [0, 0.05) is 40.4 Å². The van der Waals surface area contributed by atoms with Gasteiger partial charge in [0.05, 0.1) is 22.3 Å². The van der Waals surface area contributed by atoms with E-state index in [-0.39, 0.29) is 0 Å². The van der Waals surface area contributed by atoms with Crippen LogP contribution in [0, 0.1) is 0 Å². The summed E-state index contributed by atoms with van der Waals surface area (Å²) < 4.78 is 19.0. The van der Waals surface area contributed by atoms with Crippen molar-refractivity contribution in [1.29, 1.82) is 0 Å².